The molecule has 0 saturated carbocycles. The molecular weight excluding hydrogens is 204 g/mol. The van der Waals surface area contributed by atoms with E-state index in [1.807, 2.05) is 0 Å². The van der Waals surface area contributed by atoms with E-state index in [9.17, 15) is 4.21 Å². The second kappa shape index (κ2) is 5.74. The lowest BCUT2D eigenvalue weighted by Crippen LogP contribution is -2.04. The third kappa shape index (κ3) is 3.45. The van der Waals surface area contributed by atoms with Gasteiger partial charge in [0.15, 0.2) is 11.1 Å². The van der Waals surface area contributed by atoms with Crippen molar-refractivity contribution in [2.45, 2.75) is 4.90 Å². The fraction of sp³-hybridized carbons (Fsp3) is 0.333. The second-order valence-electron chi connectivity index (χ2n) is 2.56. The van der Waals surface area contributed by atoms with E-state index >= 15 is 0 Å². The van der Waals surface area contributed by atoms with Gasteiger partial charge in [0.1, 0.15) is 12.4 Å². The maximum Gasteiger partial charge on any atom is 0.186 e. The van der Waals surface area contributed by atoms with Crippen LogP contribution in [0.25, 0.3) is 0 Å². The molecule has 1 atom stereocenters. The highest BCUT2D eigenvalue weighted by Gasteiger charge is 1.99. The van der Waals surface area contributed by atoms with Gasteiger partial charge >= 0.3 is 0 Å². The van der Waals surface area contributed by atoms with Crippen LogP contribution in [0.3, 0.4) is 0 Å². The first-order valence-corrected chi connectivity index (χ1v) is 5.17. The summed E-state index contributed by atoms with van der Waals surface area (Å²) < 4.78 is 29.5. The van der Waals surface area contributed by atoms with Crippen molar-refractivity contribution in [2.75, 3.05) is 20.3 Å². The van der Waals surface area contributed by atoms with Gasteiger partial charge in [0, 0.05) is 7.11 Å². The third-order valence-corrected chi connectivity index (χ3v) is 2.26. The predicted octanol–water partition coefficient (Wildman–Crippen LogP) is 1.29. The monoisotopic (exact) mass is 216 g/mol. The molecule has 0 bridgehead atoms. The SMILES string of the molecule is COCCOc1ccc(S(=O)O)cc1. The summed E-state index contributed by atoms with van der Waals surface area (Å²) in [4.78, 5) is 0.365. The highest BCUT2D eigenvalue weighted by molar-refractivity contribution is 7.79. The van der Waals surface area contributed by atoms with Gasteiger partial charge in [-0.25, -0.2) is 4.21 Å². The van der Waals surface area contributed by atoms with Gasteiger partial charge in [-0.1, -0.05) is 0 Å². The van der Waals surface area contributed by atoms with Gasteiger partial charge in [-0.2, -0.15) is 0 Å². The van der Waals surface area contributed by atoms with Crippen molar-refractivity contribution >= 4 is 11.1 Å². The fourth-order valence-electron chi connectivity index (χ4n) is 0.895. The second-order valence-corrected chi connectivity index (χ2v) is 3.53. The number of rotatable bonds is 5. The lowest BCUT2D eigenvalue weighted by Gasteiger charge is -2.04. The third-order valence-electron chi connectivity index (χ3n) is 1.58. The van der Waals surface area contributed by atoms with E-state index in [1.54, 1.807) is 31.4 Å². The van der Waals surface area contributed by atoms with Gasteiger partial charge in [-0.15, -0.1) is 0 Å². The van der Waals surface area contributed by atoms with Gasteiger partial charge in [0.2, 0.25) is 0 Å². The highest BCUT2D eigenvalue weighted by Crippen LogP contribution is 2.13. The first-order valence-electron chi connectivity index (χ1n) is 4.06. The van der Waals surface area contributed by atoms with Gasteiger partial charge in [0.25, 0.3) is 0 Å². The van der Waals surface area contributed by atoms with Crippen molar-refractivity contribution in [3.8, 4) is 5.75 Å². The largest absolute Gasteiger partial charge is 0.491 e. The van der Waals surface area contributed by atoms with Crippen molar-refractivity contribution in [3.05, 3.63) is 24.3 Å². The Labute approximate surface area is 85.1 Å². The smallest absolute Gasteiger partial charge is 0.186 e. The van der Waals surface area contributed by atoms with E-state index in [2.05, 4.69) is 0 Å². The maximum atomic E-state index is 10.6. The average molecular weight is 216 g/mol. The molecule has 0 aliphatic carbocycles. The molecule has 0 heterocycles. The van der Waals surface area contributed by atoms with E-state index in [4.69, 9.17) is 14.0 Å². The summed E-state index contributed by atoms with van der Waals surface area (Å²) in [6.07, 6.45) is 0. The molecule has 4 nitrogen and oxygen atoms in total. The van der Waals surface area contributed by atoms with Crippen LogP contribution >= 0.6 is 0 Å². The zero-order valence-corrected chi connectivity index (χ0v) is 8.62. The quantitative estimate of drug-likeness (QED) is 0.595. The van der Waals surface area contributed by atoms with Crippen LogP contribution in [0.1, 0.15) is 0 Å². The summed E-state index contributed by atoms with van der Waals surface area (Å²) in [6.45, 7) is 0.992. The van der Waals surface area contributed by atoms with Crippen LogP contribution in [0.2, 0.25) is 0 Å². The number of ether oxygens (including phenoxy) is 2. The van der Waals surface area contributed by atoms with Crippen molar-refractivity contribution < 1.29 is 18.2 Å². The molecule has 78 valence electrons. The minimum absolute atomic E-state index is 0.365. The molecule has 0 saturated heterocycles. The average Bonchev–Trinajstić information content (AvgIpc) is 2.19. The lowest BCUT2D eigenvalue weighted by molar-refractivity contribution is 0.146. The first-order chi connectivity index (χ1) is 6.74. The topological polar surface area (TPSA) is 55.8 Å². The zero-order chi connectivity index (χ0) is 10.4. The van der Waals surface area contributed by atoms with Gasteiger partial charge in [-0.05, 0) is 24.3 Å². The Morgan fingerprint density at radius 1 is 1.29 bits per heavy atom. The Morgan fingerprint density at radius 2 is 1.93 bits per heavy atom. The summed E-state index contributed by atoms with van der Waals surface area (Å²) in [7, 11) is 1.60. The molecule has 5 heteroatoms. The Bertz CT molecular complexity index is 296. The molecule has 1 rings (SSSR count). The van der Waals surface area contributed by atoms with E-state index in [-0.39, 0.29) is 0 Å². The number of benzene rings is 1. The molecule has 0 aliphatic heterocycles. The summed E-state index contributed by atoms with van der Waals surface area (Å²) in [5.41, 5.74) is 0. The Balaban J connectivity index is 2.51. The predicted molar refractivity (Wildman–Crippen MR) is 52.9 cm³/mol. The summed E-state index contributed by atoms with van der Waals surface area (Å²) >= 11 is -1.92. The van der Waals surface area contributed by atoms with Crippen molar-refractivity contribution in [3.63, 3.8) is 0 Å². The Hall–Kier alpha value is -0.910. The molecule has 1 aromatic carbocycles. The maximum absolute atomic E-state index is 10.6. The number of methoxy groups -OCH3 is 1. The molecular formula is C9H12O4S. The fourth-order valence-corrected chi connectivity index (χ4v) is 1.26. The van der Waals surface area contributed by atoms with Gasteiger partial charge < -0.3 is 14.0 Å². The normalized spacial score (nSPS) is 12.4. The highest BCUT2D eigenvalue weighted by atomic mass is 32.2. The summed E-state index contributed by atoms with van der Waals surface area (Å²) in [5, 5.41) is 0. The van der Waals surface area contributed by atoms with Gasteiger partial charge in [0.05, 0.1) is 11.5 Å². The lowest BCUT2D eigenvalue weighted by atomic mass is 10.3. The minimum Gasteiger partial charge on any atom is -0.491 e. The molecule has 0 aromatic heterocycles. The van der Waals surface area contributed by atoms with Crippen LogP contribution in [0.15, 0.2) is 29.2 Å². The molecule has 1 unspecified atom stereocenters. The van der Waals surface area contributed by atoms with Crippen LogP contribution in [0.4, 0.5) is 0 Å². The Morgan fingerprint density at radius 3 is 2.43 bits per heavy atom. The molecule has 0 amide bonds. The van der Waals surface area contributed by atoms with Crippen molar-refractivity contribution in [1.29, 1.82) is 0 Å². The molecule has 1 aromatic rings. The minimum atomic E-state index is -1.92. The number of hydrogen-bond acceptors (Lipinski definition) is 3. The molecule has 0 spiro atoms. The van der Waals surface area contributed by atoms with Crippen LogP contribution in [-0.4, -0.2) is 29.1 Å². The van der Waals surface area contributed by atoms with Crippen molar-refractivity contribution in [1.82, 2.24) is 0 Å². The van der Waals surface area contributed by atoms with Gasteiger partial charge in [-0.3, -0.25) is 0 Å². The number of hydrogen-bond donors (Lipinski definition) is 1. The van der Waals surface area contributed by atoms with Crippen LogP contribution in [0.5, 0.6) is 5.75 Å². The van der Waals surface area contributed by atoms with E-state index < -0.39 is 11.1 Å². The zero-order valence-electron chi connectivity index (χ0n) is 7.80. The van der Waals surface area contributed by atoms with Crippen molar-refractivity contribution in [2.24, 2.45) is 0 Å². The van der Waals surface area contributed by atoms with E-state index in [1.165, 1.54) is 0 Å². The first kappa shape index (κ1) is 11.2. The van der Waals surface area contributed by atoms with Crippen LogP contribution in [-0.2, 0) is 15.8 Å². The Kier molecular flexibility index (Phi) is 4.58. The van der Waals surface area contributed by atoms with Crippen LogP contribution in [0, 0.1) is 0 Å². The molecule has 14 heavy (non-hydrogen) atoms. The standard InChI is InChI=1S/C9H12O4S/c1-12-6-7-13-8-2-4-9(5-3-8)14(10)11/h2-5H,6-7H2,1H3,(H,10,11). The van der Waals surface area contributed by atoms with E-state index in [0.29, 0.717) is 23.9 Å². The molecule has 0 radical (unpaired) electrons. The summed E-state index contributed by atoms with van der Waals surface area (Å²) in [5.74, 6) is 0.663. The molecule has 1 N–H and O–H groups in total. The van der Waals surface area contributed by atoms with Crippen LogP contribution < -0.4 is 4.74 Å². The molecule has 0 fully saturated rings. The summed E-state index contributed by atoms with van der Waals surface area (Å²) in [6, 6.07) is 6.41. The molecule has 0 aliphatic rings. The van der Waals surface area contributed by atoms with E-state index in [0.717, 1.165) is 0 Å².